The van der Waals surface area contributed by atoms with Crippen molar-refractivity contribution >= 4 is 11.8 Å². The molecule has 2 fully saturated rings. The van der Waals surface area contributed by atoms with E-state index >= 15 is 0 Å². The average molecular weight is 249 g/mol. The third kappa shape index (κ3) is 1.82. The summed E-state index contributed by atoms with van der Waals surface area (Å²) in [4.78, 5) is 25.7. The maximum atomic E-state index is 12.6. The van der Waals surface area contributed by atoms with E-state index in [2.05, 4.69) is 17.5 Å². The van der Waals surface area contributed by atoms with Crippen molar-refractivity contribution in [2.45, 2.75) is 18.9 Å². The fourth-order valence-electron chi connectivity index (χ4n) is 3.50. The van der Waals surface area contributed by atoms with E-state index in [9.17, 15) is 9.59 Å². The third-order valence-corrected chi connectivity index (χ3v) is 4.45. The van der Waals surface area contributed by atoms with Crippen LogP contribution in [0.4, 0.5) is 0 Å². The summed E-state index contributed by atoms with van der Waals surface area (Å²) in [6.45, 7) is 1.81. The van der Waals surface area contributed by atoms with Gasteiger partial charge in [-0.05, 0) is 24.7 Å². The molecule has 0 aromatic rings. The Labute approximate surface area is 106 Å². The molecule has 4 atom stereocenters. The number of allylic oxidation sites excluding steroid dienone is 2. The molecule has 0 aromatic carbocycles. The Kier molecular flexibility index (Phi) is 2.86. The first-order valence-corrected chi connectivity index (χ1v) is 6.65. The third-order valence-electron chi connectivity index (χ3n) is 4.45. The fraction of sp³-hybridized carbons (Fsp3) is 0.692. The molecule has 3 N–H and O–H groups in total. The Morgan fingerprint density at radius 1 is 1.28 bits per heavy atom. The van der Waals surface area contributed by atoms with E-state index < -0.39 is 11.9 Å². The summed E-state index contributed by atoms with van der Waals surface area (Å²) in [5, 5.41) is 3.12. The predicted octanol–water partition coefficient (Wildman–Crippen LogP) is -0.516. The molecule has 1 aliphatic heterocycles. The molecule has 0 aromatic heterocycles. The zero-order valence-electron chi connectivity index (χ0n) is 10.3. The molecule has 1 heterocycles. The summed E-state index contributed by atoms with van der Waals surface area (Å²) >= 11 is 0. The van der Waals surface area contributed by atoms with Crippen LogP contribution in [0.1, 0.15) is 12.8 Å². The van der Waals surface area contributed by atoms with Crippen LogP contribution in [0.3, 0.4) is 0 Å². The minimum Gasteiger partial charge on any atom is -0.368 e. The lowest BCUT2D eigenvalue weighted by Gasteiger charge is -2.36. The standard InChI is InChI=1S/C13H19N3O2/c14-12(17)11-7-15-3-4-16(11)13(18)10-6-8-1-2-9(10)5-8/h1-2,8-11,15H,3-7H2,(H2,14,17). The van der Waals surface area contributed by atoms with Crippen molar-refractivity contribution in [2.24, 2.45) is 23.5 Å². The van der Waals surface area contributed by atoms with Gasteiger partial charge in [-0.1, -0.05) is 12.2 Å². The summed E-state index contributed by atoms with van der Waals surface area (Å²) in [5.41, 5.74) is 5.38. The summed E-state index contributed by atoms with van der Waals surface area (Å²) in [6.07, 6.45) is 6.43. The van der Waals surface area contributed by atoms with Crippen LogP contribution in [0.15, 0.2) is 12.2 Å². The van der Waals surface area contributed by atoms with Gasteiger partial charge in [0, 0.05) is 25.6 Å². The minimum absolute atomic E-state index is 0.0694. The van der Waals surface area contributed by atoms with E-state index in [1.54, 1.807) is 4.90 Å². The van der Waals surface area contributed by atoms with Crippen LogP contribution in [0, 0.1) is 17.8 Å². The first-order valence-electron chi connectivity index (χ1n) is 6.65. The molecule has 5 nitrogen and oxygen atoms in total. The summed E-state index contributed by atoms with van der Waals surface area (Å²) < 4.78 is 0. The van der Waals surface area contributed by atoms with Crippen molar-refractivity contribution in [1.82, 2.24) is 10.2 Å². The Hall–Kier alpha value is -1.36. The molecule has 4 unspecified atom stereocenters. The molecule has 2 amide bonds. The van der Waals surface area contributed by atoms with E-state index in [1.807, 2.05) is 0 Å². The normalized spacial score (nSPS) is 38.1. The summed E-state index contributed by atoms with van der Waals surface area (Å²) in [6, 6.07) is -0.477. The summed E-state index contributed by atoms with van der Waals surface area (Å²) in [5.74, 6) is 0.733. The van der Waals surface area contributed by atoms with Gasteiger partial charge in [0.2, 0.25) is 11.8 Å². The average Bonchev–Trinajstić information content (AvgIpc) is 3.00. The Balaban J connectivity index is 1.74. The van der Waals surface area contributed by atoms with Gasteiger partial charge in [-0.15, -0.1) is 0 Å². The largest absolute Gasteiger partial charge is 0.368 e. The van der Waals surface area contributed by atoms with Gasteiger partial charge in [-0.2, -0.15) is 0 Å². The van der Waals surface area contributed by atoms with Gasteiger partial charge in [-0.3, -0.25) is 9.59 Å². The van der Waals surface area contributed by atoms with Gasteiger partial charge in [0.25, 0.3) is 0 Å². The Morgan fingerprint density at radius 3 is 2.72 bits per heavy atom. The molecule has 3 rings (SSSR count). The maximum absolute atomic E-state index is 12.6. The van der Waals surface area contributed by atoms with Gasteiger partial charge < -0.3 is 16.0 Å². The Bertz CT molecular complexity index is 407. The molecule has 3 aliphatic rings. The number of piperazine rings is 1. The highest BCUT2D eigenvalue weighted by molar-refractivity contribution is 5.88. The fourth-order valence-corrected chi connectivity index (χ4v) is 3.50. The van der Waals surface area contributed by atoms with Gasteiger partial charge in [0.1, 0.15) is 6.04 Å². The lowest BCUT2D eigenvalue weighted by molar-refractivity contribution is -0.144. The van der Waals surface area contributed by atoms with E-state index in [0.717, 1.165) is 19.4 Å². The van der Waals surface area contributed by atoms with Crippen molar-refractivity contribution in [3.8, 4) is 0 Å². The zero-order valence-corrected chi connectivity index (χ0v) is 10.3. The van der Waals surface area contributed by atoms with Crippen LogP contribution >= 0.6 is 0 Å². The molecule has 18 heavy (non-hydrogen) atoms. The number of rotatable bonds is 2. The van der Waals surface area contributed by atoms with Gasteiger partial charge in [0.15, 0.2) is 0 Å². The van der Waals surface area contributed by atoms with E-state index in [-0.39, 0.29) is 11.8 Å². The topological polar surface area (TPSA) is 75.4 Å². The smallest absolute Gasteiger partial charge is 0.241 e. The number of primary amides is 1. The number of nitrogens with one attached hydrogen (secondary N) is 1. The second kappa shape index (κ2) is 4.39. The van der Waals surface area contributed by atoms with Crippen LogP contribution in [-0.2, 0) is 9.59 Å². The number of hydrogen-bond acceptors (Lipinski definition) is 3. The van der Waals surface area contributed by atoms with Gasteiger partial charge >= 0.3 is 0 Å². The van der Waals surface area contributed by atoms with Crippen molar-refractivity contribution in [3.05, 3.63) is 12.2 Å². The number of amides is 2. The van der Waals surface area contributed by atoms with Crippen LogP contribution in [0.25, 0.3) is 0 Å². The van der Waals surface area contributed by atoms with Gasteiger partial charge in [0.05, 0.1) is 0 Å². The molecule has 0 spiro atoms. The molecule has 1 saturated heterocycles. The SMILES string of the molecule is NC(=O)C1CNCCN1C(=O)C1CC2C=CC1C2. The maximum Gasteiger partial charge on any atom is 0.241 e. The molecule has 98 valence electrons. The monoisotopic (exact) mass is 249 g/mol. The number of carbonyl (C=O) groups is 2. The second-order valence-corrected chi connectivity index (χ2v) is 5.54. The first kappa shape index (κ1) is 11.7. The minimum atomic E-state index is -0.477. The van der Waals surface area contributed by atoms with Crippen LogP contribution < -0.4 is 11.1 Å². The number of nitrogens with zero attached hydrogens (tertiary/aromatic N) is 1. The van der Waals surface area contributed by atoms with E-state index in [1.165, 1.54) is 0 Å². The van der Waals surface area contributed by atoms with Crippen LogP contribution in [0.2, 0.25) is 0 Å². The zero-order chi connectivity index (χ0) is 12.7. The van der Waals surface area contributed by atoms with Crippen LogP contribution in [0.5, 0.6) is 0 Å². The first-order chi connectivity index (χ1) is 8.66. The number of hydrogen-bond donors (Lipinski definition) is 2. The van der Waals surface area contributed by atoms with E-state index in [4.69, 9.17) is 5.73 Å². The highest BCUT2D eigenvalue weighted by Gasteiger charge is 2.43. The molecule has 2 aliphatic carbocycles. The highest BCUT2D eigenvalue weighted by Crippen LogP contribution is 2.44. The van der Waals surface area contributed by atoms with Crippen molar-refractivity contribution in [1.29, 1.82) is 0 Å². The predicted molar refractivity (Wildman–Crippen MR) is 66.4 cm³/mol. The number of nitrogens with two attached hydrogens (primary N) is 1. The van der Waals surface area contributed by atoms with Crippen molar-refractivity contribution in [3.63, 3.8) is 0 Å². The summed E-state index contributed by atoms with van der Waals surface area (Å²) in [7, 11) is 0. The lowest BCUT2D eigenvalue weighted by atomic mass is 9.91. The quantitative estimate of drug-likeness (QED) is 0.647. The van der Waals surface area contributed by atoms with Crippen molar-refractivity contribution in [2.75, 3.05) is 19.6 Å². The second-order valence-electron chi connectivity index (χ2n) is 5.54. The Morgan fingerprint density at radius 2 is 2.11 bits per heavy atom. The number of carbonyl (C=O) groups excluding carboxylic acids is 2. The van der Waals surface area contributed by atoms with Crippen LogP contribution in [-0.4, -0.2) is 42.4 Å². The lowest BCUT2D eigenvalue weighted by Crippen LogP contribution is -2.60. The molecule has 5 heteroatoms. The van der Waals surface area contributed by atoms with E-state index in [0.29, 0.717) is 24.9 Å². The van der Waals surface area contributed by atoms with Crippen molar-refractivity contribution < 1.29 is 9.59 Å². The molecule has 0 radical (unpaired) electrons. The molecule has 2 bridgehead atoms. The molecular formula is C13H19N3O2. The highest BCUT2D eigenvalue weighted by atomic mass is 16.2. The van der Waals surface area contributed by atoms with Gasteiger partial charge in [-0.25, -0.2) is 0 Å². The molecular weight excluding hydrogens is 230 g/mol. The number of fused-ring (bicyclic) bond motifs is 2. The molecule has 1 saturated carbocycles.